The van der Waals surface area contributed by atoms with Gasteiger partial charge in [0.2, 0.25) is 5.91 Å². The van der Waals surface area contributed by atoms with Crippen LogP contribution in [0.25, 0.3) is 11.1 Å². The molecule has 0 bridgehead atoms. The summed E-state index contributed by atoms with van der Waals surface area (Å²) in [7, 11) is 5.54. The van der Waals surface area contributed by atoms with Crippen molar-refractivity contribution in [3.05, 3.63) is 59.7 Å². The molecule has 170 valence electrons. The quantitative estimate of drug-likeness (QED) is 0.716. The van der Waals surface area contributed by atoms with Crippen LogP contribution in [0.15, 0.2) is 48.5 Å². The van der Waals surface area contributed by atoms with Crippen molar-refractivity contribution in [3.8, 4) is 11.1 Å². The second-order valence-electron chi connectivity index (χ2n) is 9.45. The van der Waals surface area contributed by atoms with Crippen LogP contribution in [0.1, 0.15) is 42.7 Å². The summed E-state index contributed by atoms with van der Waals surface area (Å²) in [5, 5.41) is 0. The van der Waals surface area contributed by atoms with E-state index in [-0.39, 0.29) is 30.1 Å². The van der Waals surface area contributed by atoms with Crippen LogP contribution < -0.4 is 0 Å². The molecule has 4 atom stereocenters. The van der Waals surface area contributed by atoms with Crippen LogP contribution in [-0.2, 0) is 14.3 Å². The number of methoxy groups -OCH3 is 2. The summed E-state index contributed by atoms with van der Waals surface area (Å²) in [6.45, 7) is 2.21. The summed E-state index contributed by atoms with van der Waals surface area (Å²) in [6, 6.07) is 17.1. The predicted molar refractivity (Wildman–Crippen MR) is 126 cm³/mol. The number of amides is 1. The third kappa shape index (κ3) is 3.57. The van der Waals surface area contributed by atoms with Crippen molar-refractivity contribution in [1.29, 1.82) is 0 Å². The molecule has 1 aliphatic heterocycles. The highest BCUT2D eigenvalue weighted by molar-refractivity contribution is 5.96. The zero-order chi connectivity index (χ0) is 22.2. The minimum absolute atomic E-state index is 0.00209. The zero-order valence-electron chi connectivity index (χ0n) is 19.4. The maximum absolute atomic E-state index is 14.1. The van der Waals surface area contributed by atoms with E-state index >= 15 is 0 Å². The van der Waals surface area contributed by atoms with Crippen molar-refractivity contribution in [2.24, 2.45) is 0 Å². The smallest absolute Gasteiger partial charge is 0.234 e. The normalized spacial score (nSPS) is 27.8. The van der Waals surface area contributed by atoms with Crippen molar-refractivity contribution in [1.82, 2.24) is 9.80 Å². The van der Waals surface area contributed by atoms with Crippen molar-refractivity contribution in [2.45, 2.75) is 55.9 Å². The highest BCUT2D eigenvalue weighted by Gasteiger charge is 2.45. The van der Waals surface area contributed by atoms with E-state index in [9.17, 15) is 4.79 Å². The van der Waals surface area contributed by atoms with E-state index in [1.807, 2.05) is 24.1 Å². The average Bonchev–Trinajstić information content (AvgIpc) is 3.49. The molecule has 1 saturated heterocycles. The van der Waals surface area contributed by atoms with Gasteiger partial charge in [-0.05, 0) is 61.0 Å². The van der Waals surface area contributed by atoms with Crippen LogP contribution in [0.4, 0.5) is 0 Å². The Morgan fingerprint density at radius 1 is 0.875 bits per heavy atom. The van der Waals surface area contributed by atoms with Crippen molar-refractivity contribution in [3.63, 3.8) is 0 Å². The number of rotatable bonds is 5. The van der Waals surface area contributed by atoms with Crippen molar-refractivity contribution < 1.29 is 14.3 Å². The summed E-state index contributed by atoms with van der Waals surface area (Å²) < 4.78 is 11.6. The van der Waals surface area contributed by atoms with E-state index in [0.717, 1.165) is 37.1 Å². The first kappa shape index (κ1) is 21.6. The Bertz CT molecular complexity index is 925. The fourth-order valence-electron chi connectivity index (χ4n) is 6.26. The molecule has 1 saturated carbocycles. The molecule has 0 aromatic heterocycles. The molecule has 32 heavy (non-hydrogen) atoms. The Hall–Kier alpha value is -2.21. The molecule has 5 heteroatoms. The molecule has 0 N–H and O–H groups in total. The second kappa shape index (κ2) is 8.97. The highest BCUT2D eigenvalue weighted by Crippen LogP contribution is 2.46. The maximum atomic E-state index is 14.1. The van der Waals surface area contributed by atoms with Gasteiger partial charge in [-0.1, -0.05) is 48.5 Å². The molecule has 2 aromatic carbocycles. The van der Waals surface area contributed by atoms with Gasteiger partial charge in [0.1, 0.15) is 0 Å². The van der Waals surface area contributed by atoms with Crippen LogP contribution in [0, 0.1) is 0 Å². The lowest BCUT2D eigenvalue weighted by molar-refractivity contribution is -0.141. The molecule has 0 spiro atoms. The third-order valence-corrected chi connectivity index (χ3v) is 7.95. The van der Waals surface area contributed by atoms with Crippen LogP contribution in [0.2, 0.25) is 0 Å². The van der Waals surface area contributed by atoms with Gasteiger partial charge in [0.15, 0.2) is 0 Å². The molecular weight excluding hydrogens is 400 g/mol. The van der Waals surface area contributed by atoms with Crippen LogP contribution in [0.3, 0.4) is 0 Å². The molecule has 1 heterocycles. The van der Waals surface area contributed by atoms with Gasteiger partial charge in [-0.3, -0.25) is 9.69 Å². The van der Waals surface area contributed by atoms with Gasteiger partial charge in [0.05, 0.1) is 18.1 Å². The van der Waals surface area contributed by atoms with E-state index in [0.29, 0.717) is 6.04 Å². The third-order valence-electron chi connectivity index (χ3n) is 7.95. The lowest BCUT2D eigenvalue weighted by Gasteiger charge is -2.47. The van der Waals surface area contributed by atoms with Gasteiger partial charge >= 0.3 is 0 Å². The number of carbonyl (C=O) groups excluding carboxylic acids is 1. The minimum atomic E-state index is -0.243. The molecule has 2 aromatic rings. The Labute approximate surface area is 191 Å². The molecule has 2 fully saturated rings. The second-order valence-corrected chi connectivity index (χ2v) is 9.45. The molecule has 1 amide bonds. The number of likely N-dealkylation sites (N-methyl/N-ethyl adjacent to an activating group) is 1. The first-order valence-corrected chi connectivity index (χ1v) is 11.9. The number of nitrogens with zero attached hydrogens (tertiary/aromatic N) is 2. The van der Waals surface area contributed by atoms with Crippen LogP contribution in [-0.4, -0.2) is 74.4 Å². The summed E-state index contributed by atoms with van der Waals surface area (Å²) >= 11 is 0. The molecule has 5 nitrogen and oxygen atoms in total. The Morgan fingerprint density at radius 2 is 1.41 bits per heavy atom. The number of hydrogen-bond donors (Lipinski definition) is 0. The van der Waals surface area contributed by atoms with Crippen LogP contribution >= 0.6 is 0 Å². The maximum Gasteiger partial charge on any atom is 0.234 e. The number of ether oxygens (including phenoxy) is 2. The van der Waals surface area contributed by atoms with E-state index in [2.05, 4.69) is 41.3 Å². The SMILES string of the molecule is COC1CC(N2CCCC2)C(N(C)C(=O)C2c3ccccc3-c3ccccc32)CC1OC. The standard InChI is InChI=1S/C27H34N2O3/c1-28(22-16-24(31-2)25(32-3)17-23(22)29-14-8-9-15-29)27(30)26-20-12-6-4-10-18(20)19-11-5-7-13-21(19)26/h4-7,10-13,22-26H,8-9,14-17H2,1-3H3. The first-order valence-electron chi connectivity index (χ1n) is 11.9. The lowest BCUT2D eigenvalue weighted by Crippen LogP contribution is -2.59. The monoisotopic (exact) mass is 434 g/mol. The number of benzene rings is 2. The number of hydrogen-bond acceptors (Lipinski definition) is 4. The van der Waals surface area contributed by atoms with Crippen molar-refractivity contribution in [2.75, 3.05) is 34.4 Å². The van der Waals surface area contributed by atoms with Gasteiger partial charge in [-0.25, -0.2) is 0 Å². The fraction of sp³-hybridized carbons (Fsp3) is 0.519. The van der Waals surface area contributed by atoms with Crippen LogP contribution in [0.5, 0.6) is 0 Å². The highest BCUT2D eigenvalue weighted by atomic mass is 16.5. The Morgan fingerprint density at radius 3 is 1.97 bits per heavy atom. The van der Waals surface area contributed by atoms with E-state index < -0.39 is 0 Å². The molecule has 2 aliphatic carbocycles. The largest absolute Gasteiger partial charge is 0.379 e. The minimum Gasteiger partial charge on any atom is -0.379 e. The number of likely N-dealkylation sites (tertiary alicyclic amines) is 1. The van der Waals surface area contributed by atoms with E-state index in [1.165, 1.54) is 24.0 Å². The Kier molecular flexibility index (Phi) is 6.06. The molecule has 5 rings (SSSR count). The summed E-state index contributed by atoms with van der Waals surface area (Å²) in [6.07, 6.45) is 4.23. The van der Waals surface area contributed by atoms with Gasteiger partial charge in [0.25, 0.3) is 0 Å². The van der Waals surface area contributed by atoms with Gasteiger partial charge in [-0.2, -0.15) is 0 Å². The predicted octanol–water partition coefficient (Wildman–Crippen LogP) is 3.91. The summed E-state index contributed by atoms with van der Waals surface area (Å²) in [4.78, 5) is 18.7. The molecular formula is C27H34N2O3. The first-order chi connectivity index (χ1) is 15.6. The fourth-order valence-corrected chi connectivity index (χ4v) is 6.26. The zero-order valence-corrected chi connectivity index (χ0v) is 19.4. The van der Waals surface area contributed by atoms with Gasteiger partial charge in [-0.15, -0.1) is 0 Å². The number of carbonyl (C=O) groups is 1. The topological polar surface area (TPSA) is 42.0 Å². The summed E-state index contributed by atoms with van der Waals surface area (Å²) in [5.41, 5.74) is 4.61. The Balaban J connectivity index is 1.48. The lowest BCUT2D eigenvalue weighted by atomic mass is 9.83. The van der Waals surface area contributed by atoms with E-state index in [4.69, 9.17) is 9.47 Å². The van der Waals surface area contributed by atoms with Crippen molar-refractivity contribution >= 4 is 5.91 Å². The number of fused-ring (bicyclic) bond motifs is 3. The average molecular weight is 435 g/mol. The van der Waals surface area contributed by atoms with E-state index in [1.54, 1.807) is 14.2 Å². The van der Waals surface area contributed by atoms with Gasteiger partial charge < -0.3 is 14.4 Å². The molecule has 4 unspecified atom stereocenters. The summed E-state index contributed by atoms with van der Waals surface area (Å²) in [5.74, 6) is -0.0601. The molecule has 0 radical (unpaired) electrons. The van der Waals surface area contributed by atoms with Gasteiger partial charge in [0, 0.05) is 33.4 Å². The molecule has 3 aliphatic rings.